The maximum absolute atomic E-state index is 12.9. The molecule has 176 valence electrons. The summed E-state index contributed by atoms with van der Waals surface area (Å²) >= 11 is 0. The first kappa shape index (κ1) is 22.2. The lowest BCUT2D eigenvalue weighted by atomic mass is 10.0. The molecular formula is C27H25N5O3. The summed E-state index contributed by atoms with van der Waals surface area (Å²) in [6.07, 6.45) is 2.11. The third-order valence-electron chi connectivity index (χ3n) is 5.84. The van der Waals surface area contributed by atoms with Crippen LogP contribution >= 0.6 is 0 Å². The molecule has 1 aliphatic heterocycles. The Kier molecular flexibility index (Phi) is 5.93. The zero-order valence-corrected chi connectivity index (χ0v) is 19.6. The lowest BCUT2D eigenvalue weighted by Gasteiger charge is -2.24. The van der Waals surface area contributed by atoms with Gasteiger partial charge in [0.05, 0.1) is 14.2 Å². The van der Waals surface area contributed by atoms with Gasteiger partial charge in [-0.3, -0.25) is 10.1 Å². The van der Waals surface area contributed by atoms with Gasteiger partial charge in [-0.15, -0.1) is 5.10 Å². The van der Waals surface area contributed by atoms with Gasteiger partial charge in [-0.25, -0.2) is 4.68 Å². The second-order valence-electron chi connectivity index (χ2n) is 8.15. The molecule has 8 nitrogen and oxygen atoms in total. The average Bonchev–Trinajstić information content (AvgIpc) is 3.31. The van der Waals surface area contributed by atoms with E-state index in [9.17, 15) is 4.79 Å². The number of anilines is 2. The summed E-state index contributed by atoms with van der Waals surface area (Å²) in [4.78, 5) is 17.5. The highest BCUT2D eigenvalue weighted by Crippen LogP contribution is 2.33. The van der Waals surface area contributed by atoms with Crippen LogP contribution in [0.4, 0.5) is 11.9 Å². The van der Waals surface area contributed by atoms with Gasteiger partial charge < -0.3 is 14.8 Å². The van der Waals surface area contributed by atoms with Gasteiger partial charge >= 0.3 is 0 Å². The first-order valence-electron chi connectivity index (χ1n) is 11.2. The molecule has 1 amide bonds. The summed E-state index contributed by atoms with van der Waals surface area (Å²) in [5.41, 5.74) is 4.61. The standard InChI is InChI=1S/C27H25N5O3/c1-17-9-11-19(12-10-17)22-16-21(18-7-5-4-6-8-18)28-27-30-26(31-32(22)27)29-25(33)20-13-14-23(34-2)24(15-20)35-3/h4-16,22H,1-3H3,(H2,28,29,30,31,33). The van der Waals surface area contributed by atoms with E-state index < -0.39 is 0 Å². The zero-order valence-electron chi connectivity index (χ0n) is 19.6. The predicted molar refractivity (Wildman–Crippen MR) is 135 cm³/mol. The number of allylic oxidation sites excluding steroid dienone is 1. The highest BCUT2D eigenvalue weighted by Gasteiger charge is 2.26. The molecule has 4 aromatic rings. The molecule has 0 saturated heterocycles. The van der Waals surface area contributed by atoms with Crippen molar-refractivity contribution in [2.75, 3.05) is 24.9 Å². The second kappa shape index (κ2) is 9.34. The monoisotopic (exact) mass is 467 g/mol. The number of benzene rings is 3. The van der Waals surface area contributed by atoms with Gasteiger partial charge in [0, 0.05) is 11.3 Å². The van der Waals surface area contributed by atoms with Crippen molar-refractivity contribution in [3.8, 4) is 11.5 Å². The topological polar surface area (TPSA) is 90.3 Å². The van der Waals surface area contributed by atoms with E-state index in [0.29, 0.717) is 23.0 Å². The summed E-state index contributed by atoms with van der Waals surface area (Å²) in [7, 11) is 3.07. The van der Waals surface area contributed by atoms with Crippen LogP contribution in [0.1, 0.15) is 33.1 Å². The number of ether oxygens (including phenoxy) is 2. The Labute approximate surface area is 203 Å². The maximum atomic E-state index is 12.9. The molecule has 1 aromatic heterocycles. The molecule has 2 N–H and O–H groups in total. The SMILES string of the molecule is COc1ccc(C(=O)Nc2nc3n(n2)C(c2ccc(C)cc2)C=C(c2ccccc2)N3)cc1OC. The van der Waals surface area contributed by atoms with Crippen molar-refractivity contribution in [3.05, 3.63) is 101 Å². The minimum Gasteiger partial charge on any atom is -0.493 e. The lowest BCUT2D eigenvalue weighted by Crippen LogP contribution is -2.20. The fourth-order valence-electron chi connectivity index (χ4n) is 3.98. The minimum absolute atomic E-state index is 0.193. The number of nitrogens with zero attached hydrogens (tertiary/aromatic N) is 3. The quantitative estimate of drug-likeness (QED) is 0.419. The normalized spacial score (nSPS) is 14.4. The third kappa shape index (κ3) is 4.46. The molecule has 0 aliphatic carbocycles. The van der Waals surface area contributed by atoms with E-state index in [1.807, 2.05) is 30.3 Å². The van der Waals surface area contributed by atoms with Crippen LogP contribution in [-0.4, -0.2) is 34.9 Å². The number of aryl methyl sites for hydroxylation is 1. The number of hydrogen-bond donors (Lipinski definition) is 2. The molecule has 8 heteroatoms. The van der Waals surface area contributed by atoms with E-state index in [1.54, 1.807) is 30.0 Å². The van der Waals surface area contributed by atoms with Crippen LogP contribution in [-0.2, 0) is 0 Å². The molecule has 3 aromatic carbocycles. The molecule has 1 unspecified atom stereocenters. The van der Waals surface area contributed by atoms with E-state index in [4.69, 9.17) is 9.47 Å². The lowest BCUT2D eigenvalue weighted by molar-refractivity contribution is 0.102. The fourth-order valence-corrected chi connectivity index (χ4v) is 3.98. The third-order valence-corrected chi connectivity index (χ3v) is 5.84. The number of carbonyl (C=O) groups excluding carboxylic acids is 1. The molecule has 0 spiro atoms. The Morgan fingerprint density at radius 2 is 1.71 bits per heavy atom. The first-order valence-corrected chi connectivity index (χ1v) is 11.2. The van der Waals surface area contributed by atoms with Crippen LogP contribution in [0.5, 0.6) is 11.5 Å². The number of carbonyl (C=O) groups is 1. The van der Waals surface area contributed by atoms with Crippen molar-refractivity contribution < 1.29 is 14.3 Å². The van der Waals surface area contributed by atoms with Crippen molar-refractivity contribution in [2.24, 2.45) is 0 Å². The van der Waals surface area contributed by atoms with E-state index in [-0.39, 0.29) is 17.9 Å². The van der Waals surface area contributed by atoms with Crippen LogP contribution < -0.4 is 20.1 Å². The molecule has 1 atom stereocenters. The molecule has 0 saturated carbocycles. The van der Waals surface area contributed by atoms with E-state index >= 15 is 0 Å². The number of hydrogen-bond acceptors (Lipinski definition) is 6. The second-order valence-corrected chi connectivity index (χ2v) is 8.15. The van der Waals surface area contributed by atoms with Crippen molar-refractivity contribution in [1.29, 1.82) is 0 Å². The highest BCUT2D eigenvalue weighted by molar-refractivity contribution is 6.03. The summed E-state index contributed by atoms with van der Waals surface area (Å²) in [5, 5.41) is 10.8. The van der Waals surface area contributed by atoms with Crippen molar-refractivity contribution in [1.82, 2.24) is 14.8 Å². The number of methoxy groups -OCH3 is 2. The van der Waals surface area contributed by atoms with Gasteiger partial charge in [0.15, 0.2) is 11.5 Å². The van der Waals surface area contributed by atoms with Crippen LogP contribution in [0.15, 0.2) is 78.9 Å². The number of amides is 1. The molecule has 2 heterocycles. The molecular weight excluding hydrogens is 442 g/mol. The maximum Gasteiger partial charge on any atom is 0.258 e. The Hall–Kier alpha value is -4.59. The Morgan fingerprint density at radius 3 is 2.43 bits per heavy atom. The number of rotatable bonds is 6. The summed E-state index contributed by atoms with van der Waals surface area (Å²) in [5.74, 6) is 1.41. The number of fused-ring (bicyclic) bond motifs is 1. The van der Waals surface area contributed by atoms with Gasteiger partial charge in [-0.2, -0.15) is 4.98 Å². The average molecular weight is 468 g/mol. The summed E-state index contributed by atoms with van der Waals surface area (Å²) in [6.45, 7) is 2.06. The predicted octanol–water partition coefficient (Wildman–Crippen LogP) is 4.91. The Morgan fingerprint density at radius 1 is 0.971 bits per heavy atom. The Bertz CT molecular complexity index is 1390. The van der Waals surface area contributed by atoms with Crippen molar-refractivity contribution >= 4 is 23.5 Å². The van der Waals surface area contributed by atoms with Gasteiger partial charge in [0.1, 0.15) is 6.04 Å². The van der Waals surface area contributed by atoms with Gasteiger partial charge in [-0.05, 0) is 42.3 Å². The van der Waals surface area contributed by atoms with Crippen molar-refractivity contribution in [3.63, 3.8) is 0 Å². The van der Waals surface area contributed by atoms with E-state index in [1.165, 1.54) is 12.7 Å². The molecule has 0 radical (unpaired) electrons. The zero-order chi connectivity index (χ0) is 24.4. The fraction of sp³-hybridized carbons (Fsp3) is 0.148. The first-order chi connectivity index (χ1) is 17.1. The van der Waals surface area contributed by atoms with Crippen LogP contribution in [0.3, 0.4) is 0 Å². The molecule has 0 bridgehead atoms. The minimum atomic E-state index is -0.350. The largest absolute Gasteiger partial charge is 0.493 e. The van der Waals surface area contributed by atoms with Crippen LogP contribution in [0, 0.1) is 6.92 Å². The van der Waals surface area contributed by atoms with E-state index in [0.717, 1.165) is 16.8 Å². The smallest absolute Gasteiger partial charge is 0.258 e. The van der Waals surface area contributed by atoms with Crippen LogP contribution in [0.25, 0.3) is 5.70 Å². The van der Waals surface area contributed by atoms with Gasteiger partial charge in [0.25, 0.3) is 11.9 Å². The molecule has 1 aliphatic rings. The Balaban J connectivity index is 1.47. The van der Waals surface area contributed by atoms with Crippen LogP contribution in [0.2, 0.25) is 0 Å². The van der Waals surface area contributed by atoms with E-state index in [2.05, 4.69) is 58.0 Å². The molecule has 5 rings (SSSR count). The highest BCUT2D eigenvalue weighted by atomic mass is 16.5. The van der Waals surface area contributed by atoms with Crippen molar-refractivity contribution in [2.45, 2.75) is 13.0 Å². The molecule has 0 fully saturated rings. The van der Waals surface area contributed by atoms with Gasteiger partial charge in [-0.1, -0.05) is 60.2 Å². The summed E-state index contributed by atoms with van der Waals surface area (Å²) in [6, 6.07) is 23.1. The van der Waals surface area contributed by atoms with Gasteiger partial charge in [0.2, 0.25) is 5.95 Å². The summed E-state index contributed by atoms with van der Waals surface area (Å²) < 4.78 is 12.3. The molecule has 35 heavy (non-hydrogen) atoms. The number of aromatic nitrogens is 3. The number of nitrogens with one attached hydrogen (secondary N) is 2.